The average Bonchev–Trinajstić information content (AvgIpc) is 2.74. The molecule has 0 spiro atoms. The summed E-state index contributed by atoms with van der Waals surface area (Å²) in [5, 5.41) is 0. The van der Waals surface area contributed by atoms with Crippen molar-refractivity contribution in [1.29, 1.82) is 0 Å². The maximum absolute atomic E-state index is 12.9. The van der Waals surface area contributed by atoms with Crippen LogP contribution < -0.4 is 0 Å². The van der Waals surface area contributed by atoms with E-state index in [1.54, 1.807) is 0 Å². The number of allylic oxidation sites excluding steroid dienone is 1. The highest BCUT2D eigenvalue weighted by Crippen LogP contribution is 2.32. The summed E-state index contributed by atoms with van der Waals surface area (Å²) in [4.78, 5) is 12.9. The van der Waals surface area contributed by atoms with Gasteiger partial charge in [0.25, 0.3) is 0 Å². The normalized spacial score (nSPS) is 11.4. The van der Waals surface area contributed by atoms with Crippen LogP contribution >= 0.6 is 0 Å². The van der Waals surface area contributed by atoms with Crippen LogP contribution in [-0.4, -0.2) is 5.78 Å². The summed E-state index contributed by atoms with van der Waals surface area (Å²) in [5.41, 5.74) is 8.95. The van der Waals surface area contributed by atoms with Crippen molar-refractivity contribution in [3.8, 4) is 0 Å². The first-order chi connectivity index (χ1) is 13.6. The van der Waals surface area contributed by atoms with E-state index in [9.17, 15) is 4.79 Å². The first-order valence-electron chi connectivity index (χ1n) is 9.75. The number of hydrogen-bond acceptors (Lipinski definition) is 1. The van der Waals surface area contributed by atoms with Gasteiger partial charge in [0, 0.05) is 17.6 Å². The minimum absolute atomic E-state index is 0.107. The Hall–Kier alpha value is -3.15. The van der Waals surface area contributed by atoms with Crippen molar-refractivity contribution < 1.29 is 4.79 Å². The van der Waals surface area contributed by atoms with Crippen LogP contribution in [0.1, 0.15) is 54.1 Å². The summed E-state index contributed by atoms with van der Waals surface area (Å²) in [5.74, 6) is 0.287. The van der Waals surface area contributed by atoms with Crippen molar-refractivity contribution in [3.05, 3.63) is 119 Å². The Bertz CT molecular complexity index is 959. The second kappa shape index (κ2) is 9.69. The van der Waals surface area contributed by atoms with Crippen molar-refractivity contribution in [1.82, 2.24) is 0 Å². The molecule has 3 rings (SSSR count). The minimum atomic E-state index is 0.107. The van der Waals surface area contributed by atoms with Crippen molar-refractivity contribution in [2.24, 2.45) is 0 Å². The van der Waals surface area contributed by atoms with E-state index in [2.05, 4.69) is 56.0 Å². The van der Waals surface area contributed by atoms with Gasteiger partial charge in [-0.05, 0) is 42.9 Å². The molecule has 0 aliphatic heterocycles. The third-order valence-corrected chi connectivity index (χ3v) is 4.77. The van der Waals surface area contributed by atoms with Crippen LogP contribution in [0.25, 0.3) is 5.57 Å². The first kappa shape index (κ1) is 19.6. The summed E-state index contributed by atoms with van der Waals surface area (Å²) < 4.78 is 0. The molecule has 0 aliphatic rings. The van der Waals surface area contributed by atoms with Crippen molar-refractivity contribution in [2.45, 2.75) is 32.6 Å². The summed E-state index contributed by atoms with van der Waals surface area (Å²) in [6.45, 7) is 4.13. The lowest BCUT2D eigenvalue weighted by Crippen LogP contribution is -2.08. The topological polar surface area (TPSA) is 17.1 Å². The van der Waals surface area contributed by atoms with Crippen molar-refractivity contribution >= 4 is 11.4 Å². The van der Waals surface area contributed by atoms with E-state index in [0.717, 1.165) is 28.7 Å². The minimum Gasteiger partial charge on any atom is -0.294 e. The fraction of sp³-hybridized carbons (Fsp3) is 0.185. The Kier molecular flexibility index (Phi) is 6.78. The SMILES string of the molecule is CC(C)=C=C(CC(CC(=O)c1ccccc1)c1ccccc1)c1ccccc1. The smallest absolute Gasteiger partial charge is 0.163 e. The molecule has 28 heavy (non-hydrogen) atoms. The highest BCUT2D eigenvalue weighted by Gasteiger charge is 2.19. The largest absolute Gasteiger partial charge is 0.294 e. The zero-order chi connectivity index (χ0) is 19.8. The molecule has 0 radical (unpaired) electrons. The summed E-state index contributed by atoms with van der Waals surface area (Å²) in [6.07, 6.45) is 1.26. The standard InChI is InChI=1S/C27H26O/c1-21(2)18-25(22-12-6-3-7-13-22)19-26(23-14-8-4-9-15-23)20-27(28)24-16-10-5-11-17-24/h3-17,26H,19-20H2,1-2H3. The molecular weight excluding hydrogens is 340 g/mol. The molecule has 140 valence electrons. The second-order valence-corrected chi connectivity index (χ2v) is 7.27. The zero-order valence-electron chi connectivity index (χ0n) is 16.6. The molecule has 1 unspecified atom stereocenters. The van der Waals surface area contributed by atoms with Crippen molar-refractivity contribution in [2.75, 3.05) is 0 Å². The molecule has 1 heteroatoms. The van der Waals surface area contributed by atoms with Crippen LogP contribution in [0.3, 0.4) is 0 Å². The first-order valence-corrected chi connectivity index (χ1v) is 9.75. The van der Waals surface area contributed by atoms with Gasteiger partial charge in [-0.25, -0.2) is 0 Å². The molecule has 0 saturated carbocycles. The van der Waals surface area contributed by atoms with Gasteiger partial charge in [0.1, 0.15) is 0 Å². The zero-order valence-corrected chi connectivity index (χ0v) is 16.6. The van der Waals surface area contributed by atoms with Crippen LogP contribution in [0.4, 0.5) is 0 Å². The van der Waals surface area contributed by atoms with E-state index >= 15 is 0 Å². The van der Waals surface area contributed by atoms with Crippen LogP contribution in [-0.2, 0) is 0 Å². The number of hydrogen-bond donors (Lipinski definition) is 0. The fourth-order valence-corrected chi connectivity index (χ4v) is 3.43. The van der Waals surface area contributed by atoms with Gasteiger partial charge < -0.3 is 0 Å². The fourth-order valence-electron chi connectivity index (χ4n) is 3.43. The average molecular weight is 367 g/mol. The van der Waals surface area contributed by atoms with Gasteiger partial charge in [-0.15, -0.1) is 5.73 Å². The van der Waals surface area contributed by atoms with E-state index in [1.165, 1.54) is 5.56 Å². The summed E-state index contributed by atoms with van der Waals surface area (Å²) >= 11 is 0. The number of carbonyl (C=O) groups excluding carboxylic acids is 1. The number of carbonyl (C=O) groups is 1. The van der Waals surface area contributed by atoms with Crippen LogP contribution in [0.15, 0.2) is 102 Å². The van der Waals surface area contributed by atoms with Gasteiger partial charge in [0.2, 0.25) is 0 Å². The Labute approximate surface area is 168 Å². The number of Topliss-reactive ketones (excluding diaryl/α,β-unsaturated/α-hetero) is 1. The summed E-state index contributed by atoms with van der Waals surface area (Å²) in [6, 6.07) is 30.3. The molecule has 3 aromatic rings. The molecule has 1 nitrogen and oxygen atoms in total. The van der Waals surface area contributed by atoms with Gasteiger partial charge in [-0.3, -0.25) is 4.79 Å². The molecule has 0 amide bonds. The molecule has 0 bridgehead atoms. The van der Waals surface area contributed by atoms with E-state index in [4.69, 9.17) is 0 Å². The van der Waals surface area contributed by atoms with Gasteiger partial charge in [0.05, 0.1) is 0 Å². The van der Waals surface area contributed by atoms with E-state index in [-0.39, 0.29) is 11.7 Å². The molecule has 0 saturated heterocycles. The molecule has 3 aromatic carbocycles. The number of ketones is 1. The highest BCUT2D eigenvalue weighted by molar-refractivity contribution is 5.96. The van der Waals surface area contributed by atoms with Gasteiger partial charge in [0.15, 0.2) is 5.78 Å². The molecule has 0 aliphatic carbocycles. The highest BCUT2D eigenvalue weighted by atomic mass is 16.1. The van der Waals surface area contributed by atoms with E-state index in [1.807, 2.05) is 54.6 Å². The van der Waals surface area contributed by atoms with Gasteiger partial charge in [-0.1, -0.05) is 91.0 Å². The quantitative estimate of drug-likeness (QED) is 0.322. The molecular formula is C27H26O. The molecule has 0 heterocycles. The predicted molar refractivity (Wildman–Crippen MR) is 117 cm³/mol. The summed E-state index contributed by atoms with van der Waals surface area (Å²) in [7, 11) is 0. The number of rotatable bonds is 7. The maximum atomic E-state index is 12.9. The molecule has 1 atom stereocenters. The monoisotopic (exact) mass is 366 g/mol. The van der Waals surface area contributed by atoms with Crippen molar-refractivity contribution in [3.63, 3.8) is 0 Å². The van der Waals surface area contributed by atoms with Crippen LogP contribution in [0.2, 0.25) is 0 Å². The Morgan fingerprint density at radius 3 is 1.75 bits per heavy atom. The Balaban J connectivity index is 1.95. The van der Waals surface area contributed by atoms with Gasteiger partial charge >= 0.3 is 0 Å². The third kappa shape index (κ3) is 5.42. The third-order valence-electron chi connectivity index (χ3n) is 4.77. The van der Waals surface area contributed by atoms with Crippen LogP contribution in [0, 0.1) is 0 Å². The maximum Gasteiger partial charge on any atom is 0.163 e. The van der Waals surface area contributed by atoms with Crippen LogP contribution in [0.5, 0.6) is 0 Å². The van der Waals surface area contributed by atoms with E-state index in [0.29, 0.717) is 6.42 Å². The molecule has 0 fully saturated rings. The molecule has 0 aromatic heterocycles. The Morgan fingerprint density at radius 2 is 1.21 bits per heavy atom. The predicted octanol–water partition coefficient (Wildman–Crippen LogP) is 7.08. The van der Waals surface area contributed by atoms with E-state index < -0.39 is 0 Å². The Morgan fingerprint density at radius 1 is 0.714 bits per heavy atom. The lowest BCUT2D eigenvalue weighted by Gasteiger charge is -2.18. The lowest BCUT2D eigenvalue weighted by molar-refractivity contribution is 0.0974. The van der Waals surface area contributed by atoms with Gasteiger partial charge in [-0.2, -0.15) is 0 Å². The molecule has 0 N–H and O–H groups in total. The number of benzene rings is 3. The second-order valence-electron chi connectivity index (χ2n) is 7.27. The lowest BCUT2D eigenvalue weighted by atomic mass is 9.84.